The number of hydrogen-bond donors (Lipinski definition) is 1. The Labute approximate surface area is 170 Å². The Morgan fingerprint density at radius 3 is 2.55 bits per heavy atom. The average molecular weight is 394 g/mol. The number of carbonyl (C=O) groups is 3. The summed E-state index contributed by atoms with van der Waals surface area (Å²) in [4.78, 5) is 43.6. The molecule has 3 aliphatic heterocycles. The number of likely N-dealkylation sites (tertiary alicyclic amines) is 1. The second kappa shape index (κ2) is 7.73. The minimum atomic E-state index is -0.515. The quantitative estimate of drug-likeness (QED) is 0.776. The molecule has 1 fully saturated rings. The van der Waals surface area contributed by atoms with Crippen LogP contribution in [-0.4, -0.2) is 65.3 Å². The largest absolute Gasteiger partial charge is 0.341 e. The standard InChI is InChI=1S/C22H26N4O3/c1-3-10-26-17-13-25(14-18(27)24-11-4-5-12-24)21(28)19(17)20(23-22(26)29)16-8-6-15(2)7-9-16/h3,6-9,20H,1,4-5,10-14H2,2H3,(H,23,29). The van der Waals surface area contributed by atoms with Crippen LogP contribution in [0.25, 0.3) is 0 Å². The fraction of sp³-hybridized carbons (Fsp3) is 0.409. The van der Waals surface area contributed by atoms with Gasteiger partial charge in [-0.05, 0) is 25.3 Å². The number of hydrogen-bond acceptors (Lipinski definition) is 3. The number of urea groups is 1. The highest BCUT2D eigenvalue weighted by atomic mass is 16.2. The van der Waals surface area contributed by atoms with E-state index in [0.717, 1.165) is 37.1 Å². The highest BCUT2D eigenvalue weighted by molar-refractivity contribution is 6.03. The number of nitrogens with one attached hydrogen (secondary N) is 1. The molecular formula is C22H26N4O3. The summed E-state index contributed by atoms with van der Waals surface area (Å²) in [6.07, 6.45) is 3.66. The molecule has 29 heavy (non-hydrogen) atoms. The summed E-state index contributed by atoms with van der Waals surface area (Å²) in [5.74, 6) is -0.218. The molecule has 7 nitrogen and oxygen atoms in total. The van der Waals surface area contributed by atoms with E-state index in [1.54, 1.807) is 15.9 Å². The molecule has 0 saturated carbocycles. The van der Waals surface area contributed by atoms with E-state index < -0.39 is 6.04 Å². The van der Waals surface area contributed by atoms with E-state index in [2.05, 4.69) is 11.9 Å². The molecule has 152 valence electrons. The van der Waals surface area contributed by atoms with Crippen LogP contribution < -0.4 is 5.32 Å². The molecule has 0 bridgehead atoms. The van der Waals surface area contributed by atoms with Gasteiger partial charge in [0.25, 0.3) is 5.91 Å². The van der Waals surface area contributed by atoms with Crippen molar-refractivity contribution in [3.05, 3.63) is 59.3 Å². The maximum atomic E-state index is 13.3. The van der Waals surface area contributed by atoms with Crippen molar-refractivity contribution in [2.45, 2.75) is 25.8 Å². The van der Waals surface area contributed by atoms with E-state index in [0.29, 0.717) is 17.8 Å². The van der Waals surface area contributed by atoms with Crippen LogP contribution in [0.3, 0.4) is 0 Å². The van der Waals surface area contributed by atoms with Crippen LogP contribution in [0.1, 0.15) is 30.0 Å². The van der Waals surface area contributed by atoms with Gasteiger partial charge < -0.3 is 15.1 Å². The van der Waals surface area contributed by atoms with Crippen LogP contribution in [0.15, 0.2) is 48.2 Å². The molecule has 1 N–H and O–H groups in total. The zero-order valence-electron chi connectivity index (χ0n) is 16.7. The van der Waals surface area contributed by atoms with Gasteiger partial charge in [0.05, 0.1) is 23.9 Å². The minimum absolute atomic E-state index is 0.0304. The lowest BCUT2D eigenvalue weighted by atomic mass is 9.95. The summed E-state index contributed by atoms with van der Waals surface area (Å²) in [5, 5.41) is 2.96. The van der Waals surface area contributed by atoms with Crippen LogP contribution in [0.5, 0.6) is 0 Å². The van der Waals surface area contributed by atoms with Crippen LogP contribution in [0.2, 0.25) is 0 Å². The van der Waals surface area contributed by atoms with Gasteiger partial charge in [-0.1, -0.05) is 35.9 Å². The molecule has 3 heterocycles. The molecule has 7 heteroatoms. The van der Waals surface area contributed by atoms with Gasteiger partial charge in [0.15, 0.2) is 0 Å². The number of carbonyl (C=O) groups excluding carboxylic acids is 3. The zero-order chi connectivity index (χ0) is 20.5. The zero-order valence-corrected chi connectivity index (χ0v) is 16.7. The molecule has 1 atom stereocenters. The van der Waals surface area contributed by atoms with Crippen molar-refractivity contribution in [2.75, 3.05) is 32.7 Å². The maximum Gasteiger partial charge on any atom is 0.322 e. The Kier molecular flexibility index (Phi) is 5.13. The summed E-state index contributed by atoms with van der Waals surface area (Å²) < 4.78 is 0. The monoisotopic (exact) mass is 394 g/mol. The van der Waals surface area contributed by atoms with Gasteiger partial charge >= 0.3 is 6.03 Å². The van der Waals surface area contributed by atoms with Crippen LogP contribution >= 0.6 is 0 Å². The van der Waals surface area contributed by atoms with Gasteiger partial charge in [0, 0.05) is 19.6 Å². The molecule has 0 radical (unpaired) electrons. The first kappa shape index (κ1) is 19.2. The normalized spacial score (nSPS) is 21.6. The van der Waals surface area contributed by atoms with Gasteiger partial charge in [-0.15, -0.1) is 6.58 Å². The lowest BCUT2D eigenvalue weighted by Gasteiger charge is -2.33. The van der Waals surface area contributed by atoms with E-state index in [1.807, 2.05) is 36.1 Å². The van der Waals surface area contributed by atoms with Gasteiger partial charge in [-0.25, -0.2) is 4.79 Å². The fourth-order valence-electron chi connectivity index (χ4n) is 4.24. The molecule has 3 aliphatic rings. The van der Waals surface area contributed by atoms with E-state index in [-0.39, 0.29) is 30.9 Å². The smallest absolute Gasteiger partial charge is 0.322 e. The van der Waals surface area contributed by atoms with Gasteiger partial charge in [-0.3, -0.25) is 14.5 Å². The van der Waals surface area contributed by atoms with Gasteiger partial charge in [0.2, 0.25) is 5.91 Å². The van der Waals surface area contributed by atoms with Crippen molar-refractivity contribution in [2.24, 2.45) is 0 Å². The second-order valence-electron chi connectivity index (χ2n) is 7.80. The number of benzene rings is 1. The third kappa shape index (κ3) is 3.52. The van der Waals surface area contributed by atoms with Crippen molar-refractivity contribution in [3.63, 3.8) is 0 Å². The first-order chi connectivity index (χ1) is 14.0. The van der Waals surface area contributed by atoms with Crippen molar-refractivity contribution in [1.29, 1.82) is 0 Å². The molecular weight excluding hydrogens is 368 g/mol. The molecule has 0 aromatic heterocycles. The molecule has 0 spiro atoms. The molecule has 1 saturated heterocycles. The molecule has 4 amide bonds. The molecule has 1 aromatic carbocycles. The Hall–Kier alpha value is -3.09. The van der Waals surface area contributed by atoms with Crippen LogP contribution in [-0.2, 0) is 9.59 Å². The van der Waals surface area contributed by atoms with Crippen LogP contribution in [0, 0.1) is 6.92 Å². The van der Waals surface area contributed by atoms with Crippen molar-refractivity contribution in [3.8, 4) is 0 Å². The average Bonchev–Trinajstić information content (AvgIpc) is 3.34. The van der Waals surface area contributed by atoms with Crippen molar-refractivity contribution >= 4 is 17.8 Å². The third-order valence-electron chi connectivity index (χ3n) is 5.80. The summed E-state index contributed by atoms with van der Waals surface area (Å²) in [5.41, 5.74) is 3.17. The number of amides is 4. The minimum Gasteiger partial charge on any atom is -0.341 e. The van der Waals surface area contributed by atoms with Gasteiger partial charge in [0.1, 0.15) is 6.54 Å². The highest BCUT2D eigenvalue weighted by Gasteiger charge is 2.44. The fourth-order valence-corrected chi connectivity index (χ4v) is 4.24. The molecule has 4 rings (SSSR count). The predicted octanol–water partition coefficient (Wildman–Crippen LogP) is 1.97. The van der Waals surface area contributed by atoms with Crippen molar-refractivity contribution < 1.29 is 14.4 Å². The van der Waals surface area contributed by atoms with E-state index in [9.17, 15) is 14.4 Å². The molecule has 1 unspecified atom stereocenters. The predicted molar refractivity (Wildman–Crippen MR) is 109 cm³/mol. The lowest BCUT2D eigenvalue weighted by Crippen LogP contribution is -2.47. The number of aryl methyl sites for hydroxylation is 1. The first-order valence-corrected chi connectivity index (χ1v) is 10.0. The number of rotatable bonds is 5. The summed E-state index contributed by atoms with van der Waals surface area (Å²) in [6, 6.07) is 7.02. The SMILES string of the molecule is C=CCN1C(=O)NC(c2ccc(C)cc2)C2=C1CN(CC(=O)N1CCCC1)C2=O. The lowest BCUT2D eigenvalue weighted by molar-refractivity contribution is -0.137. The van der Waals surface area contributed by atoms with Crippen LogP contribution in [0.4, 0.5) is 4.79 Å². The summed E-state index contributed by atoms with van der Waals surface area (Å²) in [7, 11) is 0. The second-order valence-corrected chi connectivity index (χ2v) is 7.80. The van der Waals surface area contributed by atoms with E-state index >= 15 is 0 Å². The first-order valence-electron chi connectivity index (χ1n) is 10.0. The van der Waals surface area contributed by atoms with Crippen molar-refractivity contribution in [1.82, 2.24) is 20.0 Å². The topological polar surface area (TPSA) is 73.0 Å². The Bertz CT molecular complexity index is 884. The van der Waals surface area contributed by atoms with Gasteiger partial charge in [-0.2, -0.15) is 0 Å². The van der Waals surface area contributed by atoms with E-state index in [4.69, 9.17) is 0 Å². The van der Waals surface area contributed by atoms with E-state index in [1.165, 1.54) is 0 Å². The third-order valence-corrected chi connectivity index (χ3v) is 5.80. The maximum absolute atomic E-state index is 13.3. The molecule has 0 aliphatic carbocycles. The Morgan fingerprint density at radius 1 is 1.21 bits per heavy atom. The summed E-state index contributed by atoms with van der Waals surface area (Å²) in [6.45, 7) is 7.84. The Balaban J connectivity index is 1.64. The molecule has 1 aromatic rings. The Morgan fingerprint density at radius 2 is 1.90 bits per heavy atom. The highest BCUT2D eigenvalue weighted by Crippen LogP contribution is 2.36. The summed E-state index contributed by atoms with van der Waals surface area (Å²) >= 11 is 0. The number of nitrogens with zero attached hydrogens (tertiary/aromatic N) is 3.